The summed E-state index contributed by atoms with van der Waals surface area (Å²) in [6.07, 6.45) is 3.52. The van der Waals surface area contributed by atoms with Gasteiger partial charge < -0.3 is 15.0 Å². The van der Waals surface area contributed by atoms with Crippen LogP contribution in [0.25, 0.3) is 6.08 Å². The number of carbonyl (C=O) groups excluding carboxylic acids is 3. The van der Waals surface area contributed by atoms with E-state index in [-0.39, 0.29) is 5.91 Å². The van der Waals surface area contributed by atoms with Crippen molar-refractivity contribution >= 4 is 68.7 Å². The molecule has 1 fully saturated rings. The molecule has 1 N–H and O–H groups in total. The summed E-state index contributed by atoms with van der Waals surface area (Å²) in [7, 11) is 0. The molecule has 3 aromatic rings. The maximum Gasteiger partial charge on any atom is 0.338 e. The molecule has 41 heavy (non-hydrogen) atoms. The number of halogens is 3. The second-order valence-corrected chi connectivity index (χ2v) is 12.5. The van der Waals surface area contributed by atoms with Crippen molar-refractivity contribution in [2.75, 3.05) is 11.4 Å². The van der Waals surface area contributed by atoms with Gasteiger partial charge in [0, 0.05) is 49.6 Å². The number of nitrogens with one attached hydrogen (secondary N) is 1. The molecule has 8 nitrogen and oxygen atoms in total. The number of benzene rings is 2. The molecular formula is C30H31BrCl2N4O4. The number of esters is 1. The maximum atomic E-state index is 13.2. The fraction of sp³-hybridized carbons (Fsp3) is 0.333. The number of hydrogen-bond donors (Lipinski definition) is 1. The molecule has 0 aliphatic carbocycles. The Bertz CT molecular complexity index is 1520. The van der Waals surface area contributed by atoms with Crippen molar-refractivity contribution in [2.24, 2.45) is 0 Å². The Balaban J connectivity index is 1.43. The van der Waals surface area contributed by atoms with Crippen LogP contribution >= 0.6 is 39.1 Å². The van der Waals surface area contributed by atoms with Crippen LogP contribution in [0.5, 0.6) is 0 Å². The lowest BCUT2D eigenvalue weighted by Crippen LogP contribution is -2.40. The van der Waals surface area contributed by atoms with Crippen LogP contribution in [0.4, 0.5) is 5.69 Å². The number of ether oxygens (including phenoxy) is 1. The fourth-order valence-corrected chi connectivity index (χ4v) is 5.57. The molecule has 0 saturated carbocycles. The largest absolute Gasteiger partial charge is 0.456 e. The molecule has 0 radical (unpaired) electrons. The highest BCUT2D eigenvalue weighted by molar-refractivity contribution is 9.10. The summed E-state index contributed by atoms with van der Waals surface area (Å²) in [5.41, 5.74) is 3.39. The minimum atomic E-state index is -0.691. The lowest BCUT2D eigenvalue weighted by molar-refractivity contribution is -0.123. The molecule has 1 aromatic heterocycles. The quantitative estimate of drug-likeness (QED) is 0.230. The Morgan fingerprint density at radius 2 is 1.85 bits per heavy atom. The number of anilines is 1. The third-order valence-corrected chi connectivity index (χ3v) is 7.73. The van der Waals surface area contributed by atoms with E-state index >= 15 is 0 Å². The van der Waals surface area contributed by atoms with Crippen LogP contribution in [-0.2, 0) is 20.9 Å². The van der Waals surface area contributed by atoms with Crippen LogP contribution in [0.2, 0.25) is 10.0 Å². The van der Waals surface area contributed by atoms with E-state index < -0.39 is 23.5 Å². The average Bonchev–Trinajstić information content (AvgIpc) is 3.36. The minimum Gasteiger partial charge on any atom is -0.456 e. The van der Waals surface area contributed by atoms with Gasteiger partial charge in [-0.3, -0.25) is 14.3 Å². The number of rotatable bonds is 7. The summed E-state index contributed by atoms with van der Waals surface area (Å²) in [5, 5.41) is 8.50. The predicted molar refractivity (Wildman–Crippen MR) is 165 cm³/mol. The highest BCUT2D eigenvalue weighted by atomic mass is 79.9. The zero-order chi connectivity index (χ0) is 30.1. The standard InChI is InChI=1S/C30H31BrCl2N4O4/c1-17-22(18(2)37(35-17)16-23-24(32)7-6-8-25(23)33)9-10-27(38)34-26-11-12-36(28(26)39)21-14-19(13-20(31)15-21)29(40)41-30(3,4)5/h6-10,13-15,26H,11-12,16H2,1-5H3,(H,34,38)/b10-9+. The van der Waals surface area contributed by atoms with Crippen LogP contribution in [0, 0.1) is 13.8 Å². The first-order chi connectivity index (χ1) is 19.2. The second kappa shape index (κ2) is 12.4. The van der Waals surface area contributed by atoms with Crippen LogP contribution in [0.3, 0.4) is 0 Å². The van der Waals surface area contributed by atoms with Crippen LogP contribution in [-0.4, -0.2) is 45.8 Å². The van der Waals surface area contributed by atoms with Crippen molar-refractivity contribution in [3.05, 3.63) is 85.1 Å². The molecule has 1 aliphatic rings. The molecule has 0 spiro atoms. The topological polar surface area (TPSA) is 93.5 Å². The van der Waals surface area contributed by atoms with Gasteiger partial charge in [0.05, 0.1) is 17.8 Å². The molecule has 0 bridgehead atoms. The van der Waals surface area contributed by atoms with Gasteiger partial charge in [-0.25, -0.2) is 4.79 Å². The monoisotopic (exact) mass is 660 g/mol. The average molecular weight is 662 g/mol. The summed E-state index contributed by atoms with van der Waals surface area (Å²) < 4.78 is 7.91. The van der Waals surface area contributed by atoms with Crippen LogP contribution in [0.15, 0.2) is 46.9 Å². The number of aromatic nitrogens is 2. The molecule has 1 aliphatic heterocycles. The second-order valence-electron chi connectivity index (χ2n) is 10.8. The summed E-state index contributed by atoms with van der Waals surface area (Å²) in [6.45, 7) is 9.93. The van der Waals surface area contributed by atoms with Crippen molar-refractivity contribution < 1.29 is 19.1 Å². The van der Waals surface area contributed by atoms with E-state index in [2.05, 4.69) is 26.3 Å². The first-order valence-corrected chi connectivity index (χ1v) is 14.6. The van der Waals surface area contributed by atoms with Gasteiger partial charge in [0.1, 0.15) is 11.6 Å². The third-order valence-electron chi connectivity index (χ3n) is 6.56. The number of amides is 2. The van der Waals surface area contributed by atoms with Crippen molar-refractivity contribution in [3.63, 3.8) is 0 Å². The van der Waals surface area contributed by atoms with Gasteiger partial charge in [-0.1, -0.05) is 45.2 Å². The molecule has 1 unspecified atom stereocenters. The Labute approximate surface area is 257 Å². The van der Waals surface area contributed by atoms with Crippen molar-refractivity contribution in [1.82, 2.24) is 15.1 Å². The van der Waals surface area contributed by atoms with Gasteiger partial charge in [-0.2, -0.15) is 5.10 Å². The Kier molecular flexibility index (Phi) is 9.31. The smallest absolute Gasteiger partial charge is 0.338 e. The molecular weight excluding hydrogens is 631 g/mol. The molecule has 2 heterocycles. The molecule has 216 valence electrons. The van der Waals surface area contributed by atoms with Gasteiger partial charge in [-0.05, 0) is 77.4 Å². The summed E-state index contributed by atoms with van der Waals surface area (Å²) in [4.78, 5) is 40.2. The van der Waals surface area contributed by atoms with E-state index in [9.17, 15) is 14.4 Å². The molecule has 11 heteroatoms. The first-order valence-electron chi connectivity index (χ1n) is 13.0. The highest BCUT2D eigenvalue weighted by Crippen LogP contribution is 2.29. The number of carbonyl (C=O) groups is 3. The van der Waals surface area contributed by atoms with E-state index in [1.54, 1.807) is 72.8 Å². The van der Waals surface area contributed by atoms with Gasteiger partial charge in [0.15, 0.2) is 0 Å². The number of aryl methyl sites for hydroxylation is 1. The predicted octanol–water partition coefficient (Wildman–Crippen LogP) is 6.51. The van der Waals surface area contributed by atoms with E-state index in [0.717, 1.165) is 22.5 Å². The summed E-state index contributed by atoms with van der Waals surface area (Å²) in [5.74, 6) is -1.13. The van der Waals surface area contributed by atoms with Crippen molar-refractivity contribution in [3.8, 4) is 0 Å². The zero-order valence-electron chi connectivity index (χ0n) is 23.4. The van der Waals surface area contributed by atoms with Crippen molar-refractivity contribution in [2.45, 2.75) is 59.2 Å². The minimum absolute atomic E-state index is 0.253. The summed E-state index contributed by atoms with van der Waals surface area (Å²) >= 11 is 16.1. The lowest BCUT2D eigenvalue weighted by atomic mass is 10.1. The Hall–Kier alpha value is -3.14. The number of hydrogen-bond acceptors (Lipinski definition) is 5. The highest BCUT2D eigenvalue weighted by Gasteiger charge is 2.34. The van der Waals surface area contributed by atoms with E-state index in [1.165, 1.54) is 6.08 Å². The van der Waals surface area contributed by atoms with Gasteiger partial charge in [0.25, 0.3) is 0 Å². The van der Waals surface area contributed by atoms with Crippen LogP contribution < -0.4 is 10.2 Å². The first kappa shape index (κ1) is 30.8. The molecule has 2 aromatic carbocycles. The Morgan fingerprint density at radius 3 is 2.51 bits per heavy atom. The molecule has 4 rings (SSSR count). The maximum absolute atomic E-state index is 13.2. The van der Waals surface area contributed by atoms with E-state index in [4.69, 9.17) is 27.9 Å². The SMILES string of the molecule is Cc1nn(Cc2c(Cl)cccc2Cl)c(C)c1/C=C/C(=O)NC1CCN(c2cc(Br)cc(C(=O)OC(C)(C)C)c2)C1=O. The van der Waals surface area contributed by atoms with Crippen molar-refractivity contribution in [1.29, 1.82) is 0 Å². The number of nitrogens with zero attached hydrogens (tertiary/aromatic N) is 3. The fourth-order valence-electron chi connectivity index (χ4n) is 4.57. The lowest BCUT2D eigenvalue weighted by Gasteiger charge is -2.21. The Morgan fingerprint density at radius 1 is 1.17 bits per heavy atom. The van der Waals surface area contributed by atoms with E-state index in [1.807, 2.05) is 13.8 Å². The molecule has 1 atom stereocenters. The molecule has 1 saturated heterocycles. The van der Waals surface area contributed by atoms with Gasteiger partial charge in [0.2, 0.25) is 11.8 Å². The van der Waals surface area contributed by atoms with E-state index in [0.29, 0.717) is 45.3 Å². The summed E-state index contributed by atoms with van der Waals surface area (Å²) in [6, 6.07) is 9.69. The zero-order valence-corrected chi connectivity index (χ0v) is 26.5. The normalized spacial score (nSPS) is 15.6. The van der Waals surface area contributed by atoms with Gasteiger partial charge >= 0.3 is 5.97 Å². The van der Waals surface area contributed by atoms with Gasteiger partial charge in [-0.15, -0.1) is 0 Å². The molecule has 2 amide bonds. The van der Waals surface area contributed by atoms with Crippen LogP contribution in [0.1, 0.15) is 60.1 Å². The third kappa shape index (κ3) is 7.39.